The van der Waals surface area contributed by atoms with Gasteiger partial charge in [-0.15, -0.1) is 0 Å². The van der Waals surface area contributed by atoms with Gasteiger partial charge in [0.05, 0.1) is 7.11 Å². The van der Waals surface area contributed by atoms with Crippen molar-refractivity contribution in [1.82, 2.24) is 0 Å². The Morgan fingerprint density at radius 2 is 1.93 bits per heavy atom. The van der Waals surface area contributed by atoms with Crippen molar-refractivity contribution >= 4 is 23.2 Å². The van der Waals surface area contributed by atoms with Gasteiger partial charge in [0.15, 0.2) is 17.3 Å². The van der Waals surface area contributed by atoms with Crippen LogP contribution in [0.4, 0.5) is 14.5 Å². The number of ether oxygens (including phenoxy) is 3. The summed E-state index contributed by atoms with van der Waals surface area (Å²) in [6, 6.07) is 12.5. The molecule has 0 aliphatic carbocycles. The maximum absolute atomic E-state index is 12.4. The maximum Gasteiger partial charge on any atom is 0.387 e. The lowest BCUT2D eigenvalue weighted by molar-refractivity contribution is -0.0512. The van der Waals surface area contributed by atoms with Crippen LogP contribution in [0.5, 0.6) is 17.2 Å². The molecule has 0 radical (unpaired) electrons. The molecule has 0 saturated carbocycles. The molecule has 0 aliphatic rings. The molecule has 0 fully saturated rings. The number of hydrogen-bond donors (Lipinski definition) is 1. The van der Waals surface area contributed by atoms with Crippen LogP contribution in [0.1, 0.15) is 21.9 Å². The van der Waals surface area contributed by atoms with E-state index in [1.807, 2.05) is 6.92 Å². The topological polar surface area (TPSA) is 69.9 Å². The zero-order chi connectivity index (χ0) is 21.7. The number of alkyl halides is 2. The Hall–Kier alpha value is -3.26. The number of furan rings is 1. The van der Waals surface area contributed by atoms with Crippen LogP contribution < -0.4 is 19.5 Å². The van der Waals surface area contributed by atoms with Gasteiger partial charge >= 0.3 is 6.61 Å². The van der Waals surface area contributed by atoms with Gasteiger partial charge in [-0.2, -0.15) is 8.78 Å². The minimum Gasteiger partial charge on any atom is -0.493 e. The number of halogens is 3. The number of hydrogen-bond acceptors (Lipinski definition) is 5. The summed E-state index contributed by atoms with van der Waals surface area (Å²) in [5.41, 5.74) is 1.21. The van der Waals surface area contributed by atoms with Gasteiger partial charge in [-0.1, -0.05) is 11.6 Å². The lowest BCUT2D eigenvalue weighted by Gasteiger charge is -2.11. The number of amides is 1. The molecular weight excluding hydrogens is 420 g/mol. The second-order valence-electron chi connectivity index (χ2n) is 6.16. The second kappa shape index (κ2) is 9.49. The van der Waals surface area contributed by atoms with E-state index in [1.165, 1.54) is 31.4 Å². The molecule has 158 valence electrons. The molecule has 0 unspecified atom stereocenters. The maximum atomic E-state index is 12.4. The highest BCUT2D eigenvalue weighted by Gasteiger charge is 2.15. The minimum absolute atomic E-state index is 0.0555. The SMILES string of the molecule is COc1cc(NC(=O)c2ccc(COc3ccc(Cl)c(C)c3)o2)ccc1OC(F)F. The summed E-state index contributed by atoms with van der Waals surface area (Å²) in [6.07, 6.45) is 0. The standard InChI is InChI=1S/C21H18ClF2NO5/c1-12-9-14(4-6-16(12)22)28-11-15-5-8-18(29-15)20(26)25-13-3-7-17(30-21(23)24)19(10-13)27-2/h3-10,21H,11H2,1-2H3,(H,25,26). The highest BCUT2D eigenvalue weighted by Crippen LogP contribution is 2.31. The van der Waals surface area contributed by atoms with Crippen molar-refractivity contribution in [1.29, 1.82) is 0 Å². The van der Waals surface area contributed by atoms with E-state index in [4.69, 9.17) is 25.5 Å². The Bertz CT molecular complexity index is 1040. The molecule has 0 aliphatic heterocycles. The highest BCUT2D eigenvalue weighted by atomic mass is 35.5. The summed E-state index contributed by atoms with van der Waals surface area (Å²) in [4.78, 5) is 12.4. The van der Waals surface area contributed by atoms with Gasteiger partial charge in [0, 0.05) is 16.8 Å². The van der Waals surface area contributed by atoms with Gasteiger partial charge in [0.2, 0.25) is 0 Å². The first kappa shape index (κ1) is 21.4. The smallest absolute Gasteiger partial charge is 0.387 e. The van der Waals surface area contributed by atoms with E-state index < -0.39 is 12.5 Å². The van der Waals surface area contributed by atoms with Gasteiger partial charge in [0.1, 0.15) is 18.1 Å². The molecular formula is C21H18ClF2NO5. The number of nitrogens with one attached hydrogen (secondary N) is 1. The van der Waals surface area contributed by atoms with Crippen molar-refractivity contribution in [3.63, 3.8) is 0 Å². The van der Waals surface area contributed by atoms with Crippen molar-refractivity contribution in [2.75, 3.05) is 12.4 Å². The van der Waals surface area contributed by atoms with Crippen LogP contribution in [-0.2, 0) is 6.61 Å². The Morgan fingerprint density at radius 3 is 2.63 bits per heavy atom. The molecule has 3 aromatic rings. The van der Waals surface area contributed by atoms with Crippen LogP contribution >= 0.6 is 11.6 Å². The average Bonchev–Trinajstić information content (AvgIpc) is 3.19. The fraction of sp³-hybridized carbons (Fsp3) is 0.190. The van der Waals surface area contributed by atoms with Crippen LogP contribution in [0.2, 0.25) is 5.02 Å². The van der Waals surface area contributed by atoms with Crippen LogP contribution in [0, 0.1) is 6.92 Å². The fourth-order valence-electron chi connectivity index (χ4n) is 2.57. The van der Waals surface area contributed by atoms with Crippen LogP contribution in [-0.4, -0.2) is 19.6 Å². The average molecular weight is 438 g/mol. The molecule has 30 heavy (non-hydrogen) atoms. The number of rotatable bonds is 8. The van der Waals surface area contributed by atoms with E-state index in [9.17, 15) is 13.6 Å². The third-order valence-corrected chi connectivity index (χ3v) is 4.46. The first-order valence-corrected chi connectivity index (χ1v) is 9.15. The monoisotopic (exact) mass is 437 g/mol. The van der Waals surface area contributed by atoms with E-state index in [2.05, 4.69) is 10.1 Å². The summed E-state index contributed by atoms with van der Waals surface area (Å²) in [7, 11) is 1.31. The molecule has 1 heterocycles. The normalized spacial score (nSPS) is 10.7. The van der Waals surface area contributed by atoms with Gasteiger partial charge in [-0.05, 0) is 55.0 Å². The Morgan fingerprint density at radius 1 is 1.13 bits per heavy atom. The molecule has 1 N–H and O–H groups in total. The molecule has 0 bridgehead atoms. The largest absolute Gasteiger partial charge is 0.493 e. The van der Waals surface area contributed by atoms with E-state index in [1.54, 1.807) is 24.3 Å². The minimum atomic E-state index is -2.99. The first-order chi connectivity index (χ1) is 14.4. The Kier molecular flexibility index (Phi) is 6.79. The summed E-state index contributed by atoms with van der Waals surface area (Å²) in [5, 5.41) is 3.25. The molecule has 0 atom stereocenters. The highest BCUT2D eigenvalue weighted by molar-refractivity contribution is 6.31. The number of aryl methyl sites for hydroxylation is 1. The van der Waals surface area contributed by atoms with E-state index in [0.717, 1.165) is 5.56 Å². The van der Waals surface area contributed by atoms with Crippen molar-refractivity contribution < 1.29 is 32.2 Å². The zero-order valence-electron chi connectivity index (χ0n) is 16.1. The van der Waals surface area contributed by atoms with Crippen molar-refractivity contribution in [2.24, 2.45) is 0 Å². The molecule has 3 rings (SSSR count). The van der Waals surface area contributed by atoms with E-state index in [-0.39, 0.29) is 23.9 Å². The van der Waals surface area contributed by atoms with Crippen LogP contribution in [0.15, 0.2) is 52.9 Å². The quantitative estimate of drug-likeness (QED) is 0.490. The number of carbonyl (C=O) groups is 1. The van der Waals surface area contributed by atoms with Crippen LogP contribution in [0.25, 0.3) is 0 Å². The lowest BCUT2D eigenvalue weighted by Crippen LogP contribution is -2.11. The summed E-state index contributed by atoms with van der Waals surface area (Å²) in [6.45, 7) is -0.993. The Labute approximate surface area is 176 Å². The van der Waals surface area contributed by atoms with Gasteiger partial charge in [0.25, 0.3) is 5.91 Å². The predicted molar refractivity (Wildman–Crippen MR) is 107 cm³/mol. The number of methoxy groups -OCH3 is 1. The molecule has 0 spiro atoms. The predicted octanol–water partition coefficient (Wildman–Crippen LogP) is 5.68. The second-order valence-corrected chi connectivity index (χ2v) is 6.57. The van der Waals surface area contributed by atoms with Crippen molar-refractivity contribution in [3.8, 4) is 17.2 Å². The first-order valence-electron chi connectivity index (χ1n) is 8.77. The fourth-order valence-corrected chi connectivity index (χ4v) is 2.69. The number of carbonyl (C=O) groups excluding carboxylic acids is 1. The molecule has 0 saturated heterocycles. The molecule has 1 amide bonds. The molecule has 6 nitrogen and oxygen atoms in total. The number of anilines is 1. The van der Waals surface area contributed by atoms with Gasteiger partial charge in [-0.3, -0.25) is 4.79 Å². The van der Waals surface area contributed by atoms with E-state index >= 15 is 0 Å². The van der Waals surface area contributed by atoms with Crippen molar-refractivity contribution in [3.05, 3.63) is 70.6 Å². The lowest BCUT2D eigenvalue weighted by atomic mass is 10.2. The Balaban J connectivity index is 1.62. The van der Waals surface area contributed by atoms with Gasteiger partial charge in [-0.25, -0.2) is 0 Å². The third-order valence-electron chi connectivity index (χ3n) is 4.03. The molecule has 2 aromatic carbocycles. The summed E-state index contributed by atoms with van der Waals surface area (Å²) in [5.74, 6) is 0.532. The molecule has 9 heteroatoms. The van der Waals surface area contributed by atoms with Crippen molar-refractivity contribution in [2.45, 2.75) is 20.1 Å². The van der Waals surface area contributed by atoms with Gasteiger partial charge < -0.3 is 23.9 Å². The molecule has 1 aromatic heterocycles. The van der Waals surface area contributed by atoms with Crippen LogP contribution in [0.3, 0.4) is 0 Å². The summed E-state index contributed by atoms with van der Waals surface area (Å²) >= 11 is 5.99. The summed E-state index contributed by atoms with van der Waals surface area (Å²) < 4.78 is 45.3. The third kappa shape index (κ3) is 5.42. The number of benzene rings is 2. The zero-order valence-corrected chi connectivity index (χ0v) is 16.8. The van der Waals surface area contributed by atoms with E-state index in [0.29, 0.717) is 22.2 Å².